The third-order valence-electron chi connectivity index (χ3n) is 4.55. The van der Waals surface area contributed by atoms with Gasteiger partial charge in [0.2, 0.25) is 0 Å². The van der Waals surface area contributed by atoms with Crippen molar-refractivity contribution in [2.24, 2.45) is 0 Å². The van der Waals surface area contributed by atoms with Crippen LogP contribution in [0.5, 0.6) is 11.5 Å². The number of anilines is 1. The second kappa shape index (κ2) is 7.53. The van der Waals surface area contributed by atoms with Crippen molar-refractivity contribution in [3.63, 3.8) is 0 Å². The van der Waals surface area contributed by atoms with Crippen LogP contribution in [0.2, 0.25) is 0 Å². The average Bonchev–Trinajstić information content (AvgIpc) is 3.10. The van der Waals surface area contributed by atoms with E-state index in [1.165, 1.54) is 0 Å². The highest BCUT2D eigenvalue weighted by Gasteiger charge is 2.25. The first-order chi connectivity index (χ1) is 11.7. The quantitative estimate of drug-likeness (QED) is 0.884. The van der Waals surface area contributed by atoms with E-state index in [1.54, 1.807) is 14.2 Å². The zero-order valence-corrected chi connectivity index (χ0v) is 14.5. The summed E-state index contributed by atoms with van der Waals surface area (Å²) >= 11 is 0. The summed E-state index contributed by atoms with van der Waals surface area (Å²) in [6, 6.07) is 12.6. The predicted octanol–water partition coefficient (Wildman–Crippen LogP) is 3.03. The Kier molecular flexibility index (Phi) is 5.20. The summed E-state index contributed by atoms with van der Waals surface area (Å²) in [6.45, 7) is 4.16. The van der Waals surface area contributed by atoms with Gasteiger partial charge in [-0.3, -0.25) is 0 Å². The van der Waals surface area contributed by atoms with Gasteiger partial charge in [0, 0.05) is 36.9 Å². The molecule has 0 aliphatic carbocycles. The maximum Gasteiger partial charge on any atom is 0.128 e. The van der Waals surface area contributed by atoms with Crippen LogP contribution in [-0.2, 0) is 0 Å². The summed E-state index contributed by atoms with van der Waals surface area (Å²) < 4.78 is 10.9. The van der Waals surface area contributed by atoms with Crippen LogP contribution in [0.15, 0.2) is 42.6 Å². The number of nitrogens with zero attached hydrogens (tertiary/aromatic N) is 2. The number of nitrogens with one attached hydrogen (secondary N) is 1. The van der Waals surface area contributed by atoms with Crippen molar-refractivity contribution in [3.8, 4) is 11.5 Å². The molecule has 5 nitrogen and oxygen atoms in total. The minimum atomic E-state index is 0.184. The van der Waals surface area contributed by atoms with E-state index in [0.717, 1.165) is 42.4 Å². The molecule has 1 aromatic heterocycles. The van der Waals surface area contributed by atoms with Crippen molar-refractivity contribution in [2.75, 3.05) is 32.2 Å². The Hall–Kier alpha value is -2.27. The molecule has 0 amide bonds. The smallest absolute Gasteiger partial charge is 0.128 e. The summed E-state index contributed by atoms with van der Waals surface area (Å²) in [5.41, 5.74) is 1.12. The van der Waals surface area contributed by atoms with Gasteiger partial charge in [0.05, 0.1) is 14.2 Å². The molecule has 1 aliphatic rings. The normalized spacial score (nSPS) is 18.5. The SMILES string of the molecule is COc1ccc(OC)c([C@H](C)N[C@@H]2CCN(c3ccccn3)C2)c1. The second-order valence-electron chi connectivity index (χ2n) is 6.12. The molecule has 1 N–H and O–H groups in total. The molecule has 0 unspecified atom stereocenters. The number of benzene rings is 1. The zero-order valence-electron chi connectivity index (χ0n) is 14.5. The summed E-state index contributed by atoms with van der Waals surface area (Å²) in [5.74, 6) is 2.78. The van der Waals surface area contributed by atoms with Crippen LogP contribution in [-0.4, -0.2) is 38.3 Å². The average molecular weight is 327 g/mol. The Morgan fingerprint density at radius 2 is 2.08 bits per heavy atom. The summed E-state index contributed by atoms with van der Waals surface area (Å²) in [5, 5.41) is 3.72. The number of ether oxygens (including phenoxy) is 2. The molecule has 24 heavy (non-hydrogen) atoms. The molecule has 0 spiro atoms. The van der Waals surface area contributed by atoms with Gasteiger partial charge < -0.3 is 19.7 Å². The highest BCUT2D eigenvalue weighted by molar-refractivity contribution is 5.43. The molecule has 128 valence electrons. The van der Waals surface area contributed by atoms with Gasteiger partial charge in [0.15, 0.2) is 0 Å². The molecular formula is C19H25N3O2. The molecule has 3 rings (SSSR count). The van der Waals surface area contributed by atoms with Crippen molar-refractivity contribution >= 4 is 5.82 Å². The molecular weight excluding hydrogens is 302 g/mol. The van der Waals surface area contributed by atoms with E-state index in [4.69, 9.17) is 9.47 Å². The lowest BCUT2D eigenvalue weighted by molar-refractivity contribution is 0.386. The van der Waals surface area contributed by atoms with Crippen molar-refractivity contribution < 1.29 is 9.47 Å². The lowest BCUT2D eigenvalue weighted by atomic mass is 10.1. The Morgan fingerprint density at radius 1 is 1.21 bits per heavy atom. The van der Waals surface area contributed by atoms with Gasteiger partial charge in [0.1, 0.15) is 17.3 Å². The first-order valence-electron chi connectivity index (χ1n) is 8.35. The third kappa shape index (κ3) is 3.62. The molecule has 1 saturated heterocycles. The second-order valence-corrected chi connectivity index (χ2v) is 6.12. The summed E-state index contributed by atoms with van der Waals surface area (Å²) in [4.78, 5) is 6.77. The molecule has 5 heteroatoms. The predicted molar refractivity (Wildman–Crippen MR) is 96.0 cm³/mol. The number of aromatic nitrogens is 1. The third-order valence-corrected chi connectivity index (χ3v) is 4.55. The van der Waals surface area contributed by atoms with Gasteiger partial charge in [0.25, 0.3) is 0 Å². The van der Waals surface area contributed by atoms with E-state index in [9.17, 15) is 0 Å². The fourth-order valence-corrected chi connectivity index (χ4v) is 3.27. The van der Waals surface area contributed by atoms with Crippen molar-refractivity contribution in [1.29, 1.82) is 0 Å². The van der Waals surface area contributed by atoms with Gasteiger partial charge in [-0.1, -0.05) is 6.07 Å². The van der Waals surface area contributed by atoms with E-state index in [1.807, 2.05) is 36.5 Å². The zero-order chi connectivity index (χ0) is 16.9. The highest BCUT2D eigenvalue weighted by Crippen LogP contribution is 2.30. The Labute approximate surface area is 143 Å². The first-order valence-corrected chi connectivity index (χ1v) is 8.35. The van der Waals surface area contributed by atoms with Gasteiger partial charge in [-0.25, -0.2) is 4.98 Å². The van der Waals surface area contributed by atoms with Gasteiger partial charge in [-0.2, -0.15) is 0 Å². The standard InChI is InChI=1S/C19H25N3O2/c1-14(17-12-16(23-2)7-8-18(17)24-3)21-15-9-11-22(13-15)19-6-4-5-10-20-19/h4-8,10,12,14-15,21H,9,11,13H2,1-3H3/t14-,15+/m0/s1. The van der Waals surface area contributed by atoms with E-state index >= 15 is 0 Å². The lowest BCUT2D eigenvalue weighted by Gasteiger charge is -2.23. The molecule has 0 radical (unpaired) electrons. The van der Waals surface area contributed by atoms with Crippen molar-refractivity contribution in [3.05, 3.63) is 48.2 Å². The van der Waals surface area contributed by atoms with E-state index < -0.39 is 0 Å². The van der Waals surface area contributed by atoms with Crippen LogP contribution in [0.25, 0.3) is 0 Å². The Balaban J connectivity index is 1.66. The number of pyridine rings is 1. The van der Waals surface area contributed by atoms with E-state index in [0.29, 0.717) is 6.04 Å². The van der Waals surface area contributed by atoms with Gasteiger partial charge in [-0.15, -0.1) is 0 Å². The topological polar surface area (TPSA) is 46.6 Å². The fraction of sp³-hybridized carbons (Fsp3) is 0.421. The Morgan fingerprint density at radius 3 is 2.79 bits per heavy atom. The molecule has 1 aliphatic heterocycles. The van der Waals surface area contributed by atoms with Crippen LogP contribution in [0.1, 0.15) is 24.9 Å². The molecule has 2 heterocycles. The number of hydrogen-bond donors (Lipinski definition) is 1. The monoisotopic (exact) mass is 327 g/mol. The molecule has 1 fully saturated rings. The molecule has 1 aromatic carbocycles. The fourth-order valence-electron chi connectivity index (χ4n) is 3.27. The largest absolute Gasteiger partial charge is 0.497 e. The lowest BCUT2D eigenvalue weighted by Crippen LogP contribution is -2.34. The molecule has 0 bridgehead atoms. The highest BCUT2D eigenvalue weighted by atomic mass is 16.5. The van der Waals surface area contributed by atoms with Crippen LogP contribution >= 0.6 is 0 Å². The van der Waals surface area contributed by atoms with E-state index in [-0.39, 0.29) is 6.04 Å². The Bertz CT molecular complexity index is 663. The van der Waals surface area contributed by atoms with Crippen molar-refractivity contribution in [2.45, 2.75) is 25.4 Å². The maximum atomic E-state index is 5.50. The summed E-state index contributed by atoms with van der Waals surface area (Å²) in [6.07, 6.45) is 2.95. The maximum absolute atomic E-state index is 5.50. The minimum absolute atomic E-state index is 0.184. The summed E-state index contributed by atoms with van der Waals surface area (Å²) in [7, 11) is 3.39. The van der Waals surface area contributed by atoms with Crippen LogP contribution in [0.4, 0.5) is 5.82 Å². The number of rotatable bonds is 6. The number of hydrogen-bond acceptors (Lipinski definition) is 5. The van der Waals surface area contributed by atoms with Crippen LogP contribution < -0.4 is 19.7 Å². The van der Waals surface area contributed by atoms with Crippen LogP contribution in [0, 0.1) is 0 Å². The minimum Gasteiger partial charge on any atom is -0.497 e. The molecule has 0 saturated carbocycles. The van der Waals surface area contributed by atoms with Gasteiger partial charge in [-0.05, 0) is 43.7 Å². The van der Waals surface area contributed by atoms with Crippen molar-refractivity contribution in [1.82, 2.24) is 10.3 Å². The van der Waals surface area contributed by atoms with Gasteiger partial charge >= 0.3 is 0 Å². The first kappa shape index (κ1) is 16.6. The van der Waals surface area contributed by atoms with E-state index in [2.05, 4.69) is 28.2 Å². The molecule has 2 atom stereocenters. The number of methoxy groups -OCH3 is 2. The molecule has 2 aromatic rings. The van der Waals surface area contributed by atoms with Crippen LogP contribution in [0.3, 0.4) is 0 Å².